The van der Waals surface area contributed by atoms with Gasteiger partial charge in [-0.1, -0.05) is 28.1 Å². The molecule has 1 aromatic heterocycles. The molecule has 0 radical (unpaired) electrons. The molecule has 18 heavy (non-hydrogen) atoms. The summed E-state index contributed by atoms with van der Waals surface area (Å²) in [4.78, 5) is 4.40. The van der Waals surface area contributed by atoms with Crippen molar-refractivity contribution in [2.75, 3.05) is 0 Å². The first-order valence-electron chi connectivity index (χ1n) is 5.82. The molecule has 0 saturated heterocycles. The SMILES string of the molecule is Cc1nc(CC(C)(O)Cc2ccc(Br)cc2)cs1. The molecule has 0 saturated carbocycles. The van der Waals surface area contributed by atoms with Crippen LogP contribution in [0.15, 0.2) is 34.1 Å². The molecule has 0 bridgehead atoms. The standard InChI is InChI=1S/C14H16BrNOS/c1-10-16-13(9-18-10)8-14(2,17)7-11-3-5-12(15)6-4-11/h3-6,9,17H,7-8H2,1-2H3. The summed E-state index contributed by atoms with van der Waals surface area (Å²) in [5.74, 6) is 0. The van der Waals surface area contributed by atoms with Gasteiger partial charge in [0.15, 0.2) is 0 Å². The van der Waals surface area contributed by atoms with Crippen LogP contribution in [-0.2, 0) is 12.8 Å². The monoisotopic (exact) mass is 325 g/mol. The van der Waals surface area contributed by atoms with E-state index in [1.807, 2.05) is 43.5 Å². The van der Waals surface area contributed by atoms with Gasteiger partial charge in [0.25, 0.3) is 0 Å². The molecule has 1 unspecified atom stereocenters. The predicted molar refractivity (Wildman–Crippen MR) is 79.0 cm³/mol. The molecule has 96 valence electrons. The highest BCUT2D eigenvalue weighted by atomic mass is 79.9. The van der Waals surface area contributed by atoms with Crippen molar-refractivity contribution in [2.45, 2.75) is 32.3 Å². The minimum absolute atomic E-state index is 0.591. The van der Waals surface area contributed by atoms with Gasteiger partial charge in [0.1, 0.15) is 0 Å². The van der Waals surface area contributed by atoms with E-state index < -0.39 is 5.60 Å². The molecule has 0 amide bonds. The summed E-state index contributed by atoms with van der Waals surface area (Å²) in [6, 6.07) is 8.06. The minimum Gasteiger partial charge on any atom is -0.389 e. The highest BCUT2D eigenvalue weighted by Crippen LogP contribution is 2.21. The maximum atomic E-state index is 10.5. The molecular formula is C14H16BrNOS. The maximum Gasteiger partial charge on any atom is 0.0897 e. The first kappa shape index (κ1) is 13.7. The number of aromatic nitrogens is 1. The summed E-state index contributed by atoms with van der Waals surface area (Å²) in [7, 11) is 0. The van der Waals surface area contributed by atoms with Crippen molar-refractivity contribution in [3.63, 3.8) is 0 Å². The molecule has 2 rings (SSSR count). The van der Waals surface area contributed by atoms with Crippen LogP contribution in [0.1, 0.15) is 23.2 Å². The molecule has 1 aromatic carbocycles. The van der Waals surface area contributed by atoms with Gasteiger partial charge in [-0.2, -0.15) is 0 Å². The normalized spacial score (nSPS) is 14.4. The zero-order chi connectivity index (χ0) is 13.2. The molecule has 1 N–H and O–H groups in total. The zero-order valence-electron chi connectivity index (χ0n) is 10.5. The third-order valence-electron chi connectivity index (χ3n) is 2.73. The van der Waals surface area contributed by atoms with Crippen molar-refractivity contribution in [1.29, 1.82) is 0 Å². The lowest BCUT2D eigenvalue weighted by molar-refractivity contribution is 0.0600. The molecule has 0 aliphatic heterocycles. The van der Waals surface area contributed by atoms with Gasteiger partial charge in [0.2, 0.25) is 0 Å². The van der Waals surface area contributed by atoms with E-state index >= 15 is 0 Å². The summed E-state index contributed by atoms with van der Waals surface area (Å²) in [6.07, 6.45) is 1.23. The number of hydrogen-bond acceptors (Lipinski definition) is 3. The number of hydrogen-bond donors (Lipinski definition) is 1. The lowest BCUT2D eigenvalue weighted by atomic mass is 9.92. The third kappa shape index (κ3) is 3.90. The van der Waals surface area contributed by atoms with Crippen LogP contribution in [0.5, 0.6) is 0 Å². The van der Waals surface area contributed by atoms with Crippen LogP contribution < -0.4 is 0 Å². The topological polar surface area (TPSA) is 33.1 Å². The Morgan fingerprint density at radius 1 is 1.28 bits per heavy atom. The van der Waals surface area contributed by atoms with Crippen LogP contribution in [0.25, 0.3) is 0 Å². The molecule has 2 aromatic rings. The van der Waals surface area contributed by atoms with Crippen LogP contribution in [0.2, 0.25) is 0 Å². The van der Waals surface area contributed by atoms with E-state index in [-0.39, 0.29) is 0 Å². The van der Waals surface area contributed by atoms with E-state index in [0.29, 0.717) is 12.8 Å². The first-order chi connectivity index (χ1) is 8.44. The predicted octanol–water partition coefficient (Wildman–Crippen LogP) is 3.75. The Morgan fingerprint density at radius 2 is 1.94 bits per heavy atom. The van der Waals surface area contributed by atoms with Crippen molar-refractivity contribution < 1.29 is 5.11 Å². The fourth-order valence-corrected chi connectivity index (χ4v) is 2.86. The molecule has 2 nitrogen and oxygen atoms in total. The Hall–Kier alpha value is -0.710. The van der Waals surface area contributed by atoms with Gasteiger partial charge >= 0.3 is 0 Å². The Kier molecular flexibility index (Phi) is 4.20. The second-order valence-corrected chi connectivity index (χ2v) is 6.81. The zero-order valence-corrected chi connectivity index (χ0v) is 12.9. The first-order valence-corrected chi connectivity index (χ1v) is 7.50. The molecule has 1 atom stereocenters. The molecule has 4 heteroatoms. The number of nitrogens with zero attached hydrogens (tertiary/aromatic N) is 1. The number of thiazole rings is 1. The second kappa shape index (κ2) is 5.51. The average Bonchev–Trinajstić information content (AvgIpc) is 2.66. The number of aryl methyl sites for hydroxylation is 1. The summed E-state index contributed by atoms with van der Waals surface area (Å²) in [5, 5.41) is 13.5. The van der Waals surface area contributed by atoms with E-state index in [1.54, 1.807) is 11.3 Å². The summed E-state index contributed by atoms with van der Waals surface area (Å²) >= 11 is 5.04. The molecule has 0 fully saturated rings. The fourth-order valence-electron chi connectivity index (χ4n) is 1.98. The Bertz CT molecular complexity index is 519. The molecular weight excluding hydrogens is 310 g/mol. The van der Waals surface area contributed by atoms with E-state index in [1.165, 1.54) is 0 Å². The van der Waals surface area contributed by atoms with Crippen molar-refractivity contribution >= 4 is 27.3 Å². The minimum atomic E-state index is -0.756. The van der Waals surface area contributed by atoms with Gasteiger partial charge in [0, 0.05) is 22.7 Å². The third-order valence-corrected chi connectivity index (χ3v) is 4.08. The number of aliphatic hydroxyl groups is 1. The molecule has 1 heterocycles. The van der Waals surface area contributed by atoms with Crippen molar-refractivity contribution in [2.24, 2.45) is 0 Å². The van der Waals surface area contributed by atoms with Gasteiger partial charge in [-0.25, -0.2) is 4.98 Å². The van der Waals surface area contributed by atoms with Gasteiger partial charge in [0.05, 0.1) is 16.3 Å². The summed E-state index contributed by atoms with van der Waals surface area (Å²) in [5.41, 5.74) is 1.35. The second-order valence-electron chi connectivity index (χ2n) is 4.83. The number of halogens is 1. The van der Waals surface area contributed by atoms with Crippen LogP contribution in [0.3, 0.4) is 0 Å². The number of rotatable bonds is 4. The van der Waals surface area contributed by atoms with E-state index in [0.717, 1.165) is 20.7 Å². The fraction of sp³-hybridized carbons (Fsp3) is 0.357. The summed E-state index contributed by atoms with van der Waals surface area (Å²) in [6.45, 7) is 3.85. The van der Waals surface area contributed by atoms with Crippen molar-refractivity contribution in [3.05, 3.63) is 50.4 Å². The quantitative estimate of drug-likeness (QED) is 0.928. The van der Waals surface area contributed by atoms with E-state index in [9.17, 15) is 5.11 Å². The van der Waals surface area contributed by atoms with Gasteiger partial charge < -0.3 is 5.11 Å². The summed E-state index contributed by atoms with van der Waals surface area (Å²) < 4.78 is 1.06. The Labute approximate surface area is 120 Å². The van der Waals surface area contributed by atoms with Crippen LogP contribution in [-0.4, -0.2) is 15.7 Å². The Balaban J connectivity index is 2.04. The van der Waals surface area contributed by atoms with Crippen molar-refractivity contribution in [1.82, 2.24) is 4.98 Å². The molecule has 0 aliphatic carbocycles. The highest BCUT2D eigenvalue weighted by molar-refractivity contribution is 9.10. The lowest BCUT2D eigenvalue weighted by Gasteiger charge is -2.22. The Morgan fingerprint density at radius 3 is 2.50 bits per heavy atom. The smallest absolute Gasteiger partial charge is 0.0897 e. The van der Waals surface area contributed by atoms with E-state index in [2.05, 4.69) is 20.9 Å². The van der Waals surface area contributed by atoms with Crippen LogP contribution in [0.4, 0.5) is 0 Å². The van der Waals surface area contributed by atoms with Gasteiger partial charge in [-0.05, 0) is 31.5 Å². The van der Waals surface area contributed by atoms with E-state index in [4.69, 9.17) is 0 Å². The van der Waals surface area contributed by atoms with Gasteiger partial charge in [-0.3, -0.25) is 0 Å². The number of benzene rings is 1. The average molecular weight is 326 g/mol. The van der Waals surface area contributed by atoms with Crippen molar-refractivity contribution in [3.8, 4) is 0 Å². The van der Waals surface area contributed by atoms with Crippen LogP contribution in [0, 0.1) is 6.92 Å². The molecule has 0 spiro atoms. The highest BCUT2D eigenvalue weighted by Gasteiger charge is 2.22. The van der Waals surface area contributed by atoms with Crippen LogP contribution >= 0.6 is 27.3 Å². The maximum absolute atomic E-state index is 10.5. The van der Waals surface area contributed by atoms with Gasteiger partial charge in [-0.15, -0.1) is 11.3 Å². The molecule has 0 aliphatic rings. The lowest BCUT2D eigenvalue weighted by Crippen LogP contribution is -2.30. The largest absolute Gasteiger partial charge is 0.389 e.